The van der Waals surface area contributed by atoms with Gasteiger partial charge in [-0.1, -0.05) is 27.7 Å². The largest absolute Gasteiger partial charge is 0.462 e. The predicted octanol–water partition coefficient (Wildman–Crippen LogP) is 5.58. The first-order valence-electron chi connectivity index (χ1n) is 16.2. The summed E-state index contributed by atoms with van der Waals surface area (Å²) in [6.45, 7) is 18.1. The molecular formula is C34H54O7. The highest BCUT2D eigenvalue weighted by atomic mass is 16.6. The molecule has 0 aromatic heterocycles. The van der Waals surface area contributed by atoms with E-state index < -0.39 is 17.3 Å². The first kappa shape index (κ1) is 29.9. The van der Waals surface area contributed by atoms with Crippen molar-refractivity contribution in [3.8, 4) is 0 Å². The van der Waals surface area contributed by atoms with Crippen LogP contribution >= 0.6 is 0 Å². The average molecular weight is 575 g/mol. The normalized spacial score (nSPS) is 53.4. The molecule has 0 aromatic rings. The molecule has 6 fully saturated rings. The first-order chi connectivity index (χ1) is 18.8. The van der Waals surface area contributed by atoms with Gasteiger partial charge in [-0.05, 0) is 106 Å². The third-order valence-corrected chi connectivity index (χ3v) is 14.3. The number of aliphatic hydroxyl groups excluding tert-OH is 1. The van der Waals surface area contributed by atoms with Crippen molar-refractivity contribution in [1.29, 1.82) is 0 Å². The standard InChI is InChI=1S/C34H54O7/c1-19(35)39-22-16-23-31(8)17-21(37)26(32(9)12-10-25(41-32)29(5,6)38)30(31,7)14-15-33(23)18-34(33)13-11-24(40-20(2)36)28(3,4)27(22)34/h21-27,37-38H,10-18H2,1-9H3/t21-,22+,23+,24-,25-,26+,27-,30-,31+,32+,33-,34-/m1/s1. The molecule has 6 rings (SSSR count). The van der Waals surface area contributed by atoms with E-state index in [1.54, 1.807) is 0 Å². The zero-order valence-corrected chi connectivity index (χ0v) is 26.8. The summed E-state index contributed by atoms with van der Waals surface area (Å²) in [6, 6.07) is 0. The summed E-state index contributed by atoms with van der Waals surface area (Å²) in [4.78, 5) is 24.6. The summed E-state index contributed by atoms with van der Waals surface area (Å²) in [5.41, 5.74) is -1.80. The SMILES string of the molecule is CC(=O)O[C@H]1C[C@@H]2[C@@]3(CC[C@]4(C)[C@@H]([C@]5(C)CC[C@H](C(C)(C)O)O5)[C@H](O)C[C@@]24C)C[C@@]32CC[C@@H](OC(C)=O)C(C)(C)[C@@H]12. The van der Waals surface area contributed by atoms with Crippen LogP contribution in [0.5, 0.6) is 0 Å². The second-order valence-corrected chi connectivity index (χ2v) is 17.1. The number of esters is 2. The van der Waals surface area contributed by atoms with Gasteiger partial charge in [0.25, 0.3) is 0 Å². The maximum Gasteiger partial charge on any atom is 0.302 e. The minimum atomic E-state index is -0.921. The Morgan fingerprint density at radius 1 is 0.854 bits per heavy atom. The summed E-state index contributed by atoms with van der Waals surface area (Å²) in [7, 11) is 0. The number of hydrogen-bond donors (Lipinski definition) is 2. The molecule has 7 nitrogen and oxygen atoms in total. The lowest BCUT2D eigenvalue weighted by Crippen LogP contribution is -2.63. The van der Waals surface area contributed by atoms with Crippen LogP contribution in [-0.2, 0) is 23.8 Å². The van der Waals surface area contributed by atoms with Crippen LogP contribution in [0.3, 0.4) is 0 Å². The van der Waals surface area contributed by atoms with Crippen molar-refractivity contribution < 1.29 is 34.0 Å². The molecule has 1 heterocycles. The molecule has 2 N–H and O–H groups in total. The van der Waals surface area contributed by atoms with Crippen LogP contribution in [-0.4, -0.2) is 57.8 Å². The van der Waals surface area contributed by atoms with E-state index in [2.05, 4.69) is 34.6 Å². The van der Waals surface area contributed by atoms with E-state index in [1.807, 2.05) is 13.8 Å². The minimum absolute atomic E-state index is 0.0274. The first-order valence-corrected chi connectivity index (χ1v) is 16.2. The van der Waals surface area contributed by atoms with Crippen LogP contribution in [0.1, 0.15) is 120 Å². The Hall–Kier alpha value is -1.18. The minimum Gasteiger partial charge on any atom is -0.462 e. The molecule has 0 aromatic carbocycles. The molecule has 7 heteroatoms. The maximum absolute atomic E-state index is 12.6. The van der Waals surface area contributed by atoms with Crippen LogP contribution < -0.4 is 0 Å². The zero-order chi connectivity index (χ0) is 30.2. The van der Waals surface area contributed by atoms with Gasteiger partial charge in [0, 0.05) is 31.1 Å². The van der Waals surface area contributed by atoms with Crippen molar-refractivity contribution in [3.63, 3.8) is 0 Å². The second kappa shape index (κ2) is 8.72. The fraction of sp³-hybridized carbons (Fsp3) is 0.941. The lowest BCUT2D eigenvalue weighted by Gasteiger charge is -2.64. The van der Waals surface area contributed by atoms with E-state index in [4.69, 9.17) is 14.2 Å². The number of carbonyl (C=O) groups excluding carboxylic acids is 2. The smallest absolute Gasteiger partial charge is 0.302 e. The van der Waals surface area contributed by atoms with E-state index >= 15 is 0 Å². The summed E-state index contributed by atoms with van der Waals surface area (Å²) >= 11 is 0. The van der Waals surface area contributed by atoms with E-state index in [0.29, 0.717) is 5.92 Å². The lowest BCUT2D eigenvalue weighted by atomic mass is 9.41. The fourth-order valence-electron chi connectivity index (χ4n) is 12.8. The quantitative estimate of drug-likeness (QED) is 0.423. The van der Waals surface area contributed by atoms with Gasteiger partial charge in [0.15, 0.2) is 0 Å². The summed E-state index contributed by atoms with van der Waals surface area (Å²) in [6.07, 6.45) is 7.08. The molecule has 5 saturated carbocycles. The van der Waals surface area contributed by atoms with Crippen LogP contribution in [0.25, 0.3) is 0 Å². The molecule has 0 bridgehead atoms. The van der Waals surface area contributed by atoms with Gasteiger partial charge in [-0.15, -0.1) is 0 Å². The van der Waals surface area contributed by atoms with E-state index in [-0.39, 0.29) is 69.2 Å². The summed E-state index contributed by atoms with van der Waals surface area (Å²) in [5.74, 6) is -0.0675. The third-order valence-electron chi connectivity index (χ3n) is 14.3. The fourth-order valence-corrected chi connectivity index (χ4v) is 12.8. The highest BCUT2D eigenvalue weighted by Crippen LogP contribution is 2.89. The van der Waals surface area contributed by atoms with E-state index in [9.17, 15) is 19.8 Å². The zero-order valence-electron chi connectivity index (χ0n) is 26.8. The number of rotatable bonds is 4. The molecule has 12 atom stereocenters. The van der Waals surface area contributed by atoms with Gasteiger partial charge in [0.1, 0.15) is 12.2 Å². The topological polar surface area (TPSA) is 102 Å². The van der Waals surface area contributed by atoms with E-state index in [0.717, 1.165) is 57.8 Å². The predicted molar refractivity (Wildman–Crippen MR) is 154 cm³/mol. The number of aliphatic hydroxyl groups is 2. The van der Waals surface area contributed by atoms with Gasteiger partial charge in [-0.25, -0.2) is 0 Å². The van der Waals surface area contributed by atoms with Crippen LogP contribution in [0.2, 0.25) is 0 Å². The van der Waals surface area contributed by atoms with Crippen molar-refractivity contribution in [2.75, 3.05) is 0 Å². The van der Waals surface area contributed by atoms with Gasteiger partial charge in [0.05, 0.1) is 23.4 Å². The van der Waals surface area contributed by atoms with E-state index in [1.165, 1.54) is 13.8 Å². The second-order valence-electron chi connectivity index (χ2n) is 17.1. The molecule has 2 spiro atoms. The Morgan fingerprint density at radius 3 is 2.10 bits per heavy atom. The lowest BCUT2D eigenvalue weighted by molar-refractivity contribution is -0.224. The maximum atomic E-state index is 12.6. The summed E-state index contributed by atoms with van der Waals surface area (Å²) < 4.78 is 18.8. The Bertz CT molecular complexity index is 1130. The highest BCUT2D eigenvalue weighted by Gasteiger charge is 2.85. The van der Waals surface area contributed by atoms with Gasteiger partial charge in [0.2, 0.25) is 0 Å². The van der Waals surface area contributed by atoms with Gasteiger partial charge >= 0.3 is 11.9 Å². The molecule has 1 saturated heterocycles. The third kappa shape index (κ3) is 3.79. The number of carbonyl (C=O) groups is 2. The molecule has 6 aliphatic rings. The molecule has 0 unspecified atom stereocenters. The number of fused-ring (bicyclic) bond motifs is 2. The number of ether oxygens (including phenoxy) is 3. The van der Waals surface area contributed by atoms with Crippen LogP contribution in [0.15, 0.2) is 0 Å². The Kier molecular flexibility index (Phi) is 6.35. The molecule has 0 radical (unpaired) electrons. The van der Waals surface area contributed by atoms with Gasteiger partial charge < -0.3 is 24.4 Å². The van der Waals surface area contributed by atoms with Crippen molar-refractivity contribution >= 4 is 11.9 Å². The molecule has 41 heavy (non-hydrogen) atoms. The van der Waals surface area contributed by atoms with Gasteiger partial charge in [-0.3, -0.25) is 9.59 Å². The van der Waals surface area contributed by atoms with Crippen molar-refractivity contribution in [3.05, 3.63) is 0 Å². The Labute approximate surface area is 246 Å². The van der Waals surface area contributed by atoms with Crippen LogP contribution in [0, 0.1) is 44.8 Å². The molecule has 5 aliphatic carbocycles. The summed E-state index contributed by atoms with van der Waals surface area (Å²) in [5, 5.41) is 22.7. The Morgan fingerprint density at radius 2 is 1.51 bits per heavy atom. The van der Waals surface area contributed by atoms with Crippen molar-refractivity contribution in [2.24, 2.45) is 44.8 Å². The molecule has 0 amide bonds. The number of hydrogen-bond acceptors (Lipinski definition) is 7. The average Bonchev–Trinajstić information content (AvgIpc) is 3.18. The molecule has 1 aliphatic heterocycles. The Balaban J connectivity index is 1.38. The van der Waals surface area contributed by atoms with Crippen molar-refractivity contribution in [2.45, 2.75) is 156 Å². The van der Waals surface area contributed by atoms with Crippen molar-refractivity contribution in [1.82, 2.24) is 0 Å². The molecular weight excluding hydrogens is 520 g/mol. The van der Waals surface area contributed by atoms with Crippen LogP contribution in [0.4, 0.5) is 0 Å². The monoisotopic (exact) mass is 574 g/mol. The molecule has 232 valence electrons. The van der Waals surface area contributed by atoms with Gasteiger partial charge in [-0.2, -0.15) is 0 Å². The highest BCUT2D eigenvalue weighted by molar-refractivity contribution is 5.67.